The highest BCUT2D eigenvalue weighted by Crippen LogP contribution is 2.77. The molecule has 2 aromatic rings. The maximum absolute atomic E-state index is 13.6. The molecular weight excluding hydrogens is 616 g/mol. The van der Waals surface area contributed by atoms with E-state index in [2.05, 4.69) is 5.32 Å². The van der Waals surface area contributed by atoms with Crippen LogP contribution in [0.1, 0.15) is 10.4 Å². The number of alkyl halides is 4. The average Bonchev–Trinajstić information content (AvgIpc) is 3.22. The predicted octanol–water partition coefficient (Wildman–Crippen LogP) is 6.55. The zero-order valence-corrected chi connectivity index (χ0v) is 23.2. The highest BCUT2D eigenvalue weighted by molar-refractivity contribution is 6.67. The molecule has 1 heterocycles. The van der Waals surface area contributed by atoms with Gasteiger partial charge in [0.05, 0.1) is 40.4 Å². The smallest absolute Gasteiger partial charge is 0.255 e. The van der Waals surface area contributed by atoms with Crippen LogP contribution in [0, 0.1) is 11.8 Å². The molecule has 36 heavy (non-hydrogen) atoms. The minimum Gasteiger partial charge on any atom is -0.495 e. The molecule has 1 N–H and O–H groups in total. The minimum atomic E-state index is -2.03. The van der Waals surface area contributed by atoms with Crippen LogP contribution in [0.4, 0.5) is 11.4 Å². The number of nitrogens with one attached hydrogen (secondary N) is 1. The van der Waals surface area contributed by atoms with Crippen molar-refractivity contribution < 1.29 is 19.1 Å². The molecule has 2 aromatic carbocycles. The van der Waals surface area contributed by atoms with Crippen LogP contribution >= 0.6 is 81.2 Å². The number of hydrogen-bond acceptors (Lipinski definition) is 4. The number of allylic oxidation sites excluding steroid dienone is 2. The zero-order chi connectivity index (χ0) is 26.4. The van der Waals surface area contributed by atoms with Crippen LogP contribution in [0.2, 0.25) is 5.02 Å². The number of hydrogen-bond donors (Lipinski definition) is 1. The van der Waals surface area contributed by atoms with Gasteiger partial charge in [-0.05, 0) is 36.4 Å². The number of amides is 3. The van der Waals surface area contributed by atoms with Crippen molar-refractivity contribution in [2.75, 3.05) is 17.3 Å². The molecule has 2 bridgehead atoms. The van der Waals surface area contributed by atoms with E-state index in [0.717, 1.165) is 4.90 Å². The molecular formula is C23H13Cl7N2O4. The normalized spacial score (nSPS) is 30.2. The van der Waals surface area contributed by atoms with Crippen molar-refractivity contribution in [1.82, 2.24) is 0 Å². The molecule has 5 rings (SSSR count). The van der Waals surface area contributed by atoms with Crippen molar-refractivity contribution in [2.45, 2.75) is 14.1 Å². The van der Waals surface area contributed by atoms with Crippen LogP contribution in [0.25, 0.3) is 0 Å². The molecule has 1 aliphatic heterocycles. The molecule has 0 unspecified atom stereocenters. The Bertz CT molecular complexity index is 1350. The molecule has 0 radical (unpaired) electrons. The lowest BCUT2D eigenvalue weighted by molar-refractivity contribution is -0.123. The SMILES string of the molecule is COc1ccc(Cl)cc1NC(=O)c1cccc(N2C(=O)[C@@H]3[C@@H](C2=O)[C@@]2(Cl)C(Cl)=C(Cl)[C@@]3(Cl)C2(Cl)Cl)c1. The van der Waals surface area contributed by atoms with Gasteiger partial charge in [-0.25, -0.2) is 4.90 Å². The molecule has 0 aromatic heterocycles. The molecule has 3 aliphatic rings. The number of carbonyl (C=O) groups excluding carboxylic acids is 3. The fourth-order valence-electron chi connectivity index (χ4n) is 5.01. The molecule has 6 nitrogen and oxygen atoms in total. The topological polar surface area (TPSA) is 75.7 Å². The Morgan fingerprint density at radius 3 is 2.06 bits per heavy atom. The number of nitrogens with zero attached hydrogens (tertiary/aromatic N) is 1. The van der Waals surface area contributed by atoms with Crippen LogP contribution < -0.4 is 15.0 Å². The third-order valence-corrected chi connectivity index (χ3v) is 11.2. The van der Waals surface area contributed by atoms with E-state index < -0.39 is 43.6 Å². The Balaban J connectivity index is 1.50. The van der Waals surface area contributed by atoms with E-state index in [0.29, 0.717) is 16.5 Å². The summed E-state index contributed by atoms with van der Waals surface area (Å²) in [5.74, 6) is -4.13. The van der Waals surface area contributed by atoms with Crippen molar-refractivity contribution in [3.8, 4) is 5.75 Å². The van der Waals surface area contributed by atoms with Gasteiger partial charge in [-0.2, -0.15) is 0 Å². The highest BCUT2D eigenvalue weighted by atomic mass is 35.5. The number of anilines is 2. The molecule has 3 amide bonds. The lowest BCUT2D eigenvalue weighted by Crippen LogP contribution is -2.50. The van der Waals surface area contributed by atoms with Gasteiger partial charge in [-0.15, -0.1) is 23.2 Å². The molecule has 188 valence electrons. The summed E-state index contributed by atoms with van der Waals surface area (Å²) in [6.07, 6.45) is 0. The minimum absolute atomic E-state index is 0.118. The van der Waals surface area contributed by atoms with Gasteiger partial charge in [0.25, 0.3) is 5.91 Å². The van der Waals surface area contributed by atoms with Gasteiger partial charge in [0, 0.05) is 10.6 Å². The summed E-state index contributed by atoms with van der Waals surface area (Å²) in [7, 11) is 1.45. The molecule has 13 heteroatoms. The second-order valence-corrected chi connectivity index (χ2v) is 12.2. The number of halogens is 7. The standard InChI is InChI=1S/C23H13Cl7N2O4/c1-36-13-6-5-10(24)8-12(13)31-18(33)9-3-2-4-11(7-9)32-19(34)14-15(20(32)35)22(28)17(26)16(25)21(14,27)23(22,29)30/h2-8,14-15H,1H3,(H,31,33)/t14-,15-,21+,22+/m0/s1. The van der Waals surface area contributed by atoms with E-state index in [4.69, 9.17) is 85.9 Å². The number of methoxy groups -OCH3 is 1. The molecule has 1 saturated carbocycles. The first kappa shape index (κ1) is 26.2. The largest absolute Gasteiger partial charge is 0.495 e. The van der Waals surface area contributed by atoms with Gasteiger partial charge >= 0.3 is 0 Å². The number of carbonyl (C=O) groups is 3. The fraction of sp³-hybridized carbons (Fsp3) is 0.261. The Morgan fingerprint density at radius 1 is 0.917 bits per heavy atom. The molecule has 2 fully saturated rings. The summed E-state index contributed by atoms with van der Waals surface area (Å²) >= 11 is 45.2. The van der Waals surface area contributed by atoms with Crippen LogP contribution in [0.15, 0.2) is 52.5 Å². The first-order valence-corrected chi connectivity index (χ1v) is 12.9. The Kier molecular flexibility index (Phi) is 6.24. The van der Waals surface area contributed by atoms with E-state index in [9.17, 15) is 14.4 Å². The Labute approximate surface area is 240 Å². The van der Waals surface area contributed by atoms with Crippen molar-refractivity contribution in [3.05, 3.63) is 63.1 Å². The van der Waals surface area contributed by atoms with Crippen LogP contribution in [0.5, 0.6) is 5.75 Å². The summed E-state index contributed by atoms with van der Waals surface area (Å²) in [5.41, 5.74) is 0.602. The van der Waals surface area contributed by atoms with Gasteiger partial charge in [-0.1, -0.05) is 64.1 Å². The molecule has 1 saturated heterocycles. The fourth-order valence-corrected chi connectivity index (χ4v) is 8.11. The lowest BCUT2D eigenvalue weighted by Gasteiger charge is -2.34. The first-order chi connectivity index (χ1) is 16.8. The second kappa shape index (κ2) is 8.57. The number of ether oxygens (including phenoxy) is 1. The van der Waals surface area contributed by atoms with Gasteiger partial charge < -0.3 is 10.1 Å². The van der Waals surface area contributed by atoms with Gasteiger partial charge in [0.1, 0.15) is 15.5 Å². The third-order valence-electron chi connectivity index (χ3n) is 6.69. The number of fused-ring (bicyclic) bond motifs is 5. The van der Waals surface area contributed by atoms with Crippen molar-refractivity contribution in [2.24, 2.45) is 11.8 Å². The summed E-state index contributed by atoms with van der Waals surface area (Å²) in [5, 5.41) is 2.73. The number of imide groups is 1. The van der Waals surface area contributed by atoms with Crippen LogP contribution in [-0.4, -0.2) is 38.9 Å². The summed E-state index contributed by atoms with van der Waals surface area (Å²) in [4.78, 5) is 37.2. The predicted molar refractivity (Wildman–Crippen MR) is 142 cm³/mol. The molecule has 0 spiro atoms. The van der Waals surface area contributed by atoms with E-state index in [1.54, 1.807) is 12.1 Å². The van der Waals surface area contributed by atoms with Crippen molar-refractivity contribution in [3.63, 3.8) is 0 Å². The average molecular weight is 630 g/mol. The highest BCUT2D eigenvalue weighted by Gasteiger charge is 2.87. The Hall–Kier alpha value is -1.38. The molecule has 4 atom stereocenters. The second-order valence-electron chi connectivity index (χ2n) is 8.44. The van der Waals surface area contributed by atoms with E-state index >= 15 is 0 Å². The van der Waals surface area contributed by atoms with Gasteiger partial charge in [0.15, 0.2) is 4.33 Å². The van der Waals surface area contributed by atoms with Gasteiger partial charge in [-0.3, -0.25) is 14.4 Å². The van der Waals surface area contributed by atoms with Crippen LogP contribution in [-0.2, 0) is 9.59 Å². The van der Waals surface area contributed by atoms with Gasteiger partial charge in [0.2, 0.25) is 11.8 Å². The quantitative estimate of drug-likeness (QED) is 0.308. The number of rotatable bonds is 4. The van der Waals surface area contributed by atoms with Crippen molar-refractivity contribution in [1.29, 1.82) is 0 Å². The van der Waals surface area contributed by atoms with E-state index in [-0.39, 0.29) is 21.3 Å². The maximum Gasteiger partial charge on any atom is 0.255 e. The maximum atomic E-state index is 13.6. The van der Waals surface area contributed by atoms with Crippen LogP contribution in [0.3, 0.4) is 0 Å². The molecule has 2 aliphatic carbocycles. The third kappa shape index (κ3) is 3.16. The zero-order valence-electron chi connectivity index (χ0n) is 17.9. The monoisotopic (exact) mass is 626 g/mol. The first-order valence-electron chi connectivity index (χ1n) is 10.3. The summed E-state index contributed by atoms with van der Waals surface area (Å²) in [6.45, 7) is 0. The number of benzene rings is 2. The lowest BCUT2D eigenvalue weighted by atomic mass is 9.84. The van der Waals surface area contributed by atoms with E-state index in [1.807, 2.05) is 0 Å². The Morgan fingerprint density at radius 2 is 1.50 bits per heavy atom. The van der Waals surface area contributed by atoms with E-state index in [1.165, 1.54) is 37.4 Å². The summed E-state index contributed by atoms with van der Waals surface area (Å²) in [6, 6.07) is 10.6. The summed E-state index contributed by atoms with van der Waals surface area (Å²) < 4.78 is 3.22. The van der Waals surface area contributed by atoms with Crippen molar-refractivity contribution >= 4 is 110 Å².